The Balaban J connectivity index is 1.69. The number of nitrogens with zero attached hydrogens (tertiary/aromatic N) is 4. The van der Waals surface area contributed by atoms with Crippen LogP contribution in [0.2, 0.25) is 0 Å². The number of rotatable bonds is 6. The van der Waals surface area contributed by atoms with Crippen molar-refractivity contribution in [2.45, 2.75) is 24.4 Å². The van der Waals surface area contributed by atoms with E-state index in [1.54, 1.807) is 24.2 Å². The van der Waals surface area contributed by atoms with Crippen LogP contribution in [0.25, 0.3) is 11.4 Å². The van der Waals surface area contributed by atoms with Crippen LogP contribution in [-0.4, -0.2) is 33.3 Å². The summed E-state index contributed by atoms with van der Waals surface area (Å²) >= 11 is 1.75. The van der Waals surface area contributed by atoms with Crippen LogP contribution in [0.4, 0.5) is 0 Å². The number of benzene rings is 1. The van der Waals surface area contributed by atoms with Gasteiger partial charge in [-0.25, -0.2) is 0 Å². The molecule has 0 N–H and O–H groups in total. The molecule has 2 heterocycles. The van der Waals surface area contributed by atoms with Crippen molar-refractivity contribution in [1.82, 2.24) is 20.0 Å². The monoisotopic (exact) mass is 340 g/mol. The van der Waals surface area contributed by atoms with Gasteiger partial charge in [0, 0.05) is 29.4 Å². The fourth-order valence-electron chi connectivity index (χ4n) is 2.36. The van der Waals surface area contributed by atoms with Gasteiger partial charge in [0.1, 0.15) is 0 Å². The van der Waals surface area contributed by atoms with Gasteiger partial charge < -0.3 is 4.52 Å². The van der Waals surface area contributed by atoms with Crippen molar-refractivity contribution >= 4 is 11.8 Å². The Morgan fingerprint density at radius 1 is 1.21 bits per heavy atom. The molecule has 24 heavy (non-hydrogen) atoms. The van der Waals surface area contributed by atoms with E-state index in [-0.39, 0.29) is 6.04 Å². The van der Waals surface area contributed by atoms with Gasteiger partial charge in [0.05, 0.1) is 6.04 Å². The number of pyridine rings is 1. The lowest BCUT2D eigenvalue weighted by molar-refractivity contribution is 0.202. The Morgan fingerprint density at radius 2 is 2.00 bits per heavy atom. The van der Waals surface area contributed by atoms with Gasteiger partial charge in [-0.3, -0.25) is 9.88 Å². The molecule has 0 aliphatic rings. The molecule has 3 aromatic rings. The first-order valence-corrected chi connectivity index (χ1v) is 8.97. The summed E-state index contributed by atoms with van der Waals surface area (Å²) in [6.07, 6.45) is 5.54. The third-order valence-electron chi connectivity index (χ3n) is 3.97. The quantitative estimate of drug-likeness (QED) is 0.631. The number of thioether (sulfide) groups is 1. The Morgan fingerprint density at radius 3 is 2.67 bits per heavy atom. The Kier molecular flexibility index (Phi) is 5.27. The zero-order valence-corrected chi connectivity index (χ0v) is 14.8. The van der Waals surface area contributed by atoms with Crippen molar-refractivity contribution in [2.24, 2.45) is 0 Å². The average Bonchev–Trinajstić information content (AvgIpc) is 3.12. The summed E-state index contributed by atoms with van der Waals surface area (Å²) in [5.41, 5.74) is 2.11. The Bertz CT molecular complexity index is 773. The molecular formula is C18H20N4OS. The van der Waals surface area contributed by atoms with Gasteiger partial charge in [0.2, 0.25) is 11.7 Å². The predicted octanol–water partition coefficient (Wildman–Crippen LogP) is 4.05. The molecule has 124 valence electrons. The van der Waals surface area contributed by atoms with Crippen LogP contribution >= 0.6 is 11.8 Å². The van der Waals surface area contributed by atoms with Crippen LogP contribution in [-0.2, 0) is 6.54 Å². The van der Waals surface area contributed by atoms with Gasteiger partial charge in [-0.05, 0) is 50.1 Å². The summed E-state index contributed by atoms with van der Waals surface area (Å²) in [5.74, 6) is 1.18. The van der Waals surface area contributed by atoms with Crippen molar-refractivity contribution in [1.29, 1.82) is 0 Å². The molecule has 0 saturated carbocycles. The molecule has 0 aliphatic carbocycles. The van der Waals surface area contributed by atoms with Crippen LogP contribution in [0.1, 0.15) is 24.4 Å². The maximum absolute atomic E-state index is 5.44. The molecule has 0 radical (unpaired) electrons. The molecule has 3 rings (SSSR count). The van der Waals surface area contributed by atoms with E-state index in [1.807, 2.05) is 12.1 Å². The van der Waals surface area contributed by atoms with E-state index in [0.717, 1.165) is 12.1 Å². The highest BCUT2D eigenvalue weighted by Gasteiger charge is 2.19. The first-order chi connectivity index (χ1) is 11.7. The maximum atomic E-state index is 5.44. The van der Waals surface area contributed by atoms with Gasteiger partial charge in [0.15, 0.2) is 0 Å². The molecule has 0 saturated heterocycles. The fraction of sp³-hybridized carbons (Fsp3) is 0.278. The second-order valence-electron chi connectivity index (χ2n) is 5.64. The third kappa shape index (κ3) is 3.83. The van der Waals surface area contributed by atoms with Gasteiger partial charge in [0.25, 0.3) is 0 Å². The molecule has 1 aromatic carbocycles. The fourth-order valence-corrected chi connectivity index (χ4v) is 2.77. The smallest absolute Gasteiger partial charge is 0.244 e. The van der Waals surface area contributed by atoms with Gasteiger partial charge in [-0.2, -0.15) is 4.98 Å². The van der Waals surface area contributed by atoms with Crippen molar-refractivity contribution in [3.8, 4) is 11.4 Å². The van der Waals surface area contributed by atoms with Gasteiger partial charge in [-0.15, -0.1) is 11.8 Å². The molecule has 1 unspecified atom stereocenters. The minimum Gasteiger partial charge on any atom is -0.337 e. The van der Waals surface area contributed by atoms with E-state index >= 15 is 0 Å². The maximum Gasteiger partial charge on any atom is 0.244 e. The summed E-state index contributed by atoms with van der Waals surface area (Å²) in [6, 6.07) is 12.4. The van der Waals surface area contributed by atoms with Crippen molar-refractivity contribution in [3.05, 3.63) is 60.2 Å². The lowest BCUT2D eigenvalue weighted by atomic mass is 10.2. The normalized spacial score (nSPS) is 12.5. The number of hydrogen-bond acceptors (Lipinski definition) is 6. The van der Waals surface area contributed by atoms with Crippen LogP contribution in [0, 0.1) is 0 Å². The molecule has 0 bridgehead atoms. The molecule has 0 aliphatic heterocycles. The molecule has 0 fully saturated rings. The largest absolute Gasteiger partial charge is 0.337 e. The van der Waals surface area contributed by atoms with E-state index in [0.29, 0.717) is 11.7 Å². The number of hydrogen-bond donors (Lipinski definition) is 0. The molecule has 0 amide bonds. The van der Waals surface area contributed by atoms with Crippen LogP contribution < -0.4 is 0 Å². The Hall–Kier alpha value is -2.18. The van der Waals surface area contributed by atoms with E-state index in [4.69, 9.17) is 4.52 Å². The molecule has 5 nitrogen and oxygen atoms in total. The van der Waals surface area contributed by atoms with E-state index in [9.17, 15) is 0 Å². The zero-order valence-electron chi connectivity index (χ0n) is 14.0. The second-order valence-corrected chi connectivity index (χ2v) is 6.52. The van der Waals surface area contributed by atoms with Crippen molar-refractivity contribution < 1.29 is 4.52 Å². The summed E-state index contributed by atoms with van der Waals surface area (Å²) in [5, 5.41) is 4.06. The van der Waals surface area contributed by atoms with Crippen molar-refractivity contribution in [2.75, 3.05) is 13.3 Å². The second kappa shape index (κ2) is 7.59. The van der Waals surface area contributed by atoms with Crippen LogP contribution in [0.5, 0.6) is 0 Å². The average molecular weight is 340 g/mol. The minimum atomic E-state index is 0.0307. The third-order valence-corrected chi connectivity index (χ3v) is 4.71. The summed E-state index contributed by atoms with van der Waals surface area (Å²) < 4.78 is 5.44. The highest BCUT2D eigenvalue weighted by atomic mass is 32.2. The van der Waals surface area contributed by atoms with Crippen LogP contribution in [0.15, 0.2) is 58.2 Å². The van der Waals surface area contributed by atoms with E-state index in [2.05, 4.69) is 64.5 Å². The topological polar surface area (TPSA) is 55.1 Å². The summed E-state index contributed by atoms with van der Waals surface area (Å²) in [4.78, 5) is 12.1. The first kappa shape index (κ1) is 16.7. The lowest BCUT2D eigenvalue weighted by Crippen LogP contribution is -2.22. The molecule has 1 atom stereocenters. The number of aromatic nitrogens is 3. The van der Waals surface area contributed by atoms with E-state index < -0.39 is 0 Å². The molecular weight excluding hydrogens is 320 g/mol. The first-order valence-electron chi connectivity index (χ1n) is 7.74. The van der Waals surface area contributed by atoms with Gasteiger partial charge >= 0.3 is 0 Å². The molecule has 6 heteroatoms. The van der Waals surface area contributed by atoms with Gasteiger partial charge in [-0.1, -0.05) is 17.3 Å². The van der Waals surface area contributed by atoms with Crippen molar-refractivity contribution in [3.63, 3.8) is 0 Å². The predicted molar refractivity (Wildman–Crippen MR) is 95.6 cm³/mol. The highest BCUT2D eigenvalue weighted by Crippen LogP contribution is 2.23. The highest BCUT2D eigenvalue weighted by molar-refractivity contribution is 7.98. The SMILES string of the molecule is CSc1ccc(CN(C)C(C)c2nc(-c3cccnc3)no2)cc1. The summed E-state index contributed by atoms with van der Waals surface area (Å²) in [7, 11) is 2.06. The van der Waals surface area contributed by atoms with E-state index in [1.165, 1.54) is 10.5 Å². The standard InChI is InChI=1S/C18H20N4OS/c1-13(22(2)12-14-6-8-16(24-3)9-7-14)18-20-17(21-23-18)15-5-4-10-19-11-15/h4-11,13H,12H2,1-3H3. The lowest BCUT2D eigenvalue weighted by Gasteiger charge is -2.21. The summed E-state index contributed by atoms with van der Waals surface area (Å²) in [6.45, 7) is 2.89. The minimum absolute atomic E-state index is 0.0307. The van der Waals surface area contributed by atoms with Crippen LogP contribution in [0.3, 0.4) is 0 Å². The zero-order chi connectivity index (χ0) is 16.9. The molecule has 2 aromatic heterocycles. The Labute approximate surface area is 146 Å². The molecule has 0 spiro atoms.